The fourth-order valence-electron chi connectivity index (χ4n) is 2.78. The normalized spacial score (nSPS) is 19.9. The van der Waals surface area contributed by atoms with Crippen molar-refractivity contribution in [3.05, 3.63) is 28.2 Å². The van der Waals surface area contributed by atoms with Gasteiger partial charge in [-0.25, -0.2) is 0 Å². The van der Waals surface area contributed by atoms with Gasteiger partial charge in [-0.3, -0.25) is 0 Å². The van der Waals surface area contributed by atoms with Crippen LogP contribution in [-0.2, 0) is 0 Å². The number of amidine groups is 1. The van der Waals surface area contributed by atoms with Gasteiger partial charge in [-0.05, 0) is 45.1 Å². The maximum atomic E-state index is 8.96. The van der Waals surface area contributed by atoms with Crippen LogP contribution in [0.25, 0.3) is 0 Å². The first-order valence-corrected chi connectivity index (χ1v) is 7.51. The molecule has 0 saturated carbocycles. The Morgan fingerprint density at radius 2 is 2.30 bits per heavy atom. The minimum absolute atomic E-state index is 0.156. The Hall–Kier alpha value is -1.27. The fourth-order valence-corrected chi connectivity index (χ4v) is 3.13. The molecule has 1 unspecified atom stereocenters. The number of nitrogens with zero attached hydrogens (tertiary/aromatic N) is 3. The quantitative estimate of drug-likeness (QED) is 0.381. The van der Waals surface area contributed by atoms with Gasteiger partial charge in [-0.2, -0.15) is 0 Å². The topological polar surface area (TPSA) is 65.1 Å². The van der Waals surface area contributed by atoms with Crippen LogP contribution in [0, 0.1) is 0 Å². The molecule has 1 saturated heterocycles. The average molecular weight is 341 g/mol. The van der Waals surface area contributed by atoms with Crippen molar-refractivity contribution in [2.24, 2.45) is 10.9 Å². The van der Waals surface area contributed by atoms with E-state index in [1.54, 1.807) is 0 Å². The minimum Gasteiger partial charge on any atom is -0.409 e. The second kappa shape index (κ2) is 6.45. The van der Waals surface area contributed by atoms with Crippen molar-refractivity contribution in [3.63, 3.8) is 0 Å². The maximum absolute atomic E-state index is 8.96. The average Bonchev–Trinajstić information content (AvgIpc) is 2.85. The highest BCUT2D eigenvalue weighted by atomic mass is 79.9. The van der Waals surface area contributed by atoms with Crippen molar-refractivity contribution in [2.75, 3.05) is 32.1 Å². The Morgan fingerprint density at radius 1 is 1.55 bits per heavy atom. The SMILES string of the molecule is CN(C)CC1CCCN1c1cc(Br)ccc1/C(N)=N/O. The van der Waals surface area contributed by atoms with Crippen LogP contribution in [0.1, 0.15) is 18.4 Å². The zero-order chi connectivity index (χ0) is 14.7. The number of halogens is 1. The second-order valence-electron chi connectivity index (χ2n) is 5.40. The molecule has 1 heterocycles. The van der Waals surface area contributed by atoms with Crippen LogP contribution >= 0.6 is 15.9 Å². The van der Waals surface area contributed by atoms with Crippen molar-refractivity contribution in [3.8, 4) is 0 Å². The number of anilines is 1. The number of nitrogens with two attached hydrogens (primary N) is 1. The van der Waals surface area contributed by atoms with E-state index in [2.05, 4.69) is 45.0 Å². The molecule has 110 valence electrons. The summed E-state index contributed by atoms with van der Waals surface area (Å²) in [4.78, 5) is 4.56. The number of hydrogen-bond acceptors (Lipinski definition) is 4. The van der Waals surface area contributed by atoms with Crippen molar-refractivity contribution in [1.82, 2.24) is 4.90 Å². The van der Waals surface area contributed by atoms with Crippen LogP contribution in [0.5, 0.6) is 0 Å². The van der Waals surface area contributed by atoms with E-state index in [1.807, 2.05) is 18.2 Å². The summed E-state index contributed by atoms with van der Waals surface area (Å²) in [6, 6.07) is 6.30. The molecule has 5 nitrogen and oxygen atoms in total. The lowest BCUT2D eigenvalue weighted by Gasteiger charge is -2.30. The third-order valence-corrected chi connectivity index (χ3v) is 4.10. The molecule has 1 atom stereocenters. The van der Waals surface area contributed by atoms with Gasteiger partial charge < -0.3 is 20.7 Å². The van der Waals surface area contributed by atoms with Crippen molar-refractivity contribution in [2.45, 2.75) is 18.9 Å². The summed E-state index contributed by atoms with van der Waals surface area (Å²) in [5.41, 5.74) is 7.61. The number of hydrogen-bond donors (Lipinski definition) is 2. The Morgan fingerprint density at radius 3 is 2.95 bits per heavy atom. The van der Waals surface area contributed by atoms with Gasteiger partial charge in [0.15, 0.2) is 5.84 Å². The molecule has 0 amide bonds. The highest BCUT2D eigenvalue weighted by molar-refractivity contribution is 9.10. The zero-order valence-electron chi connectivity index (χ0n) is 11.9. The van der Waals surface area contributed by atoms with Crippen molar-refractivity contribution < 1.29 is 5.21 Å². The molecule has 20 heavy (non-hydrogen) atoms. The molecule has 6 heteroatoms. The van der Waals surface area contributed by atoms with Crippen LogP contribution < -0.4 is 10.6 Å². The molecular weight excluding hydrogens is 320 g/mol. The lowest BCUT2D eigenvalue weighted by Crippen LogP contribution is -2.38. The Balaban J connectivity index is 2.37. The fraction of sp³-hybridized carbons (Fsp3) is 0.500. The van der Waals surface area contributed by atoms with Crippen LogP contribution in [0.3, 0.4) is 0 Å². The first-order valence-electron chi connectivity index (χ1n) is 6.71. The number of rotatable bonds is 4. The highest BCUT2D eigenvalue weighted by Crippen LogP contribution is 2.31. The smallest absolute Gasteiger partial charge is 0.172 e. The monoisotopic (exact) mass is 340 g/mol. The molecule has 1 aliphatic rings. The first-order chi connectivity index (χ1) is 9.52. The molecule has 0 aliphatic carbocycles. The molecule has 1 fully saturated rings. The van der Waals surface area contributed by atoms with E-state index in [-0.39, 0.29) is 5.84 Å². The van der Waals surface area contributed by atoms with Crippen LogP contribution in [0.15, 0.2) is 27.8 Å². The van der Waals surface area contributed by atoms with E-state index in [0.717, 1.165) is 28.8 Å². The molecule has 1 aromatic carbocycles. The molecule has 0 bridgehead atoms. The van der Waals surface area contributed by atoms with Gasteiger partial charge in [0.25, 0.3) is 0 Å². The molecule has 0 spiro atoms. The summed E-state index contributed by atoms with van der Waals surface area (Å²) in [7, 11) is 4.17. The second-order valence-corrected chi connectivity index (χ2v) is 6.31. The standard InChI is InChI=1S/C14H21BrN4O/c1-18(2)9-11-4-3-7-19(11)13-8-10(15)5-6-12(13)14(16)17-20/h5-6,8,11,20H,3-4,7,9H2,1-2H3,(H2,16,17). The van der Waals surface area contributed by atoms with Gasteiger partial charge in [-0.1, -0.05) is 21.1 Å². The molecule has 0 radical (unpaired) electrons. The van der Waals surface area contributed by atoms with Gasteiger partial charge in [0.2, 0.25) is 0 Å². The number of benzene rings is 1. The van der Waals surface area contributed by atoms with E-state index in [1.165, 1.54) is 12.8 Å². The third kappa shape index (κ3) is 3.24. The van der Waals surface area contributed by atoms with Crippen LogP contribution in [-0.4, -0.2) is 49.2 Å². The van der Waals surface area contributed by atoms with Crippen LogP contribution in [0.2, 0.25) is 0 Å². The Kier molecular flexibility index (Phi) is 4.88. The molecule has 0 aromatic heterocycles. The molecular formula is C14H21BrN4O. The lowest BCUT2D eigenvalue weighted by molar-refractivity contribution is 0.318. The Labute approximate surface area is 128 Å². The predicted molar refractivity (Wildman–Crippen MR) is 85.6 cm³/mol. The van der Waals surface area contributed by atoms with E-state index >= 15 is 0 Å². The lowest BCUT2D eigenvalue weighted by atomic mass is 10.1. The summed E-state index contributed by atoms with van der Waals surface area (Å²) < 4.78 is 0.998. The first kappa shape index (κ1) is 15.1. The van der Waals surface area contributed by atoms with Gasteiger partial charge in [0.05, 0.1) is 0 Å². The molecule has 1 aliphatic heterocycles. The third-order valence-electron chi connectivity index (χ3n) is 3.61. The van der Waals surface area contributed by atoms with E-state index in [4.69, 9.17) is 10.9 Å². The highest BCUT2D eigenvalue weighted by Gasteiger charge is 2.27. The summed E-state index contributed by atoms with van der Waals surface area (Å²) in [5, 5.41) is 12.1. The zero-order valence-corrected chi connectivity index (χ0v) is 13.5. The van der Waals surface area contributed by atoms with Crippen molar-refractivity contribution >= 4 is 27.5 Å². The summed E-state index contributed by atoms with van der Waals surface area (Å²) >= 11 is 3.50. The Bertz CT molecular complexity index is 504. The van der Waals surface area contributed by atoms with Gasteiger partial charge in [-0.15, -0.1) is 0 Å². The molecule has 3 N–H and O–H groups in total. The van der Waals surface area contributed by atoms with Crippen LogP contribution in [0.4, 0.5) is 5.69 Å². The van der Waals surface area contributed by atoms with E-state index in [9.17, 15) is 0 Å². The minimum atomic E-state index is 0.156. The number of likely N-dealkylation sites (N-methyl/N-ethyl adjacent to an activating group) is 1. The van der Waals surface area contributed by atoms with Crippen molar-refractivity contribution in [1.29, 1.82) is 0 Å². The number of oxime groups is 1. The summed E-state index contributed by atoms with van der Waals surface area (Å²) in [6.45, 7) is 2.00. The molecule has 2 rings (SSSR count). The van der Waals surface area contributed by atoms with E-state index < -0.39 is 0 Å². The summed E-state index contributed by atoms with van der Waals surface area (Å²) in [5.74, 6) is 0.156. The maximum Gasteiger partial charge on any atom is 0.172 e. The van der Waals surface area contributed by atoms with Gasteiger partial charge >= 0.3 is 0 Å². The summed E-state index contributed by atoms with van der Waals surface area (Å²) in [6.07, 6.45) is 2.33. The van der Waals surface area contributed by atoms with Gasteiger partial charge in [0, 0.05) is 34.9 Å². The predicted octanol–water partition coefficient (Wildman–Crippen LogP) is 2.07. The van der Waals surface area contributed by atoms with E-state index in [0.29, 0.717) is 6.04 Å². The molecule has 1 aromatic rings. The van der Waals surface area contributed by atoms with Gasteiger partial charge in [0.1, 0.15) is 0 Å². The largest absolute Gasteiger partial charge is 0.409 e.